The van der Waals surface area contributed by atoms with Gasteiger partial charge in [-0.3, -0.25) is 9.59 Å². The summed E-state index contributed by atoms with van der Waals surface area (Å²) < 4.78 is 29.0. The highest BCUT2D eigenvalue weighted by atomic mass is 32.2. The normalized spacial score (nSPS) is 37.5. The van der Waals surface area contributed by atoms with Gasteiger partial charge in [-0.1, -0.05) is 27.7 Å². The van der Waals surface area contributed by atoms with Crippen molar-refractivity contribution in [1.29, 1.82) is 0 Å². The number of carbonyl (C=O) groups is 4. The van der Waals surface area contributed by atoms with E-state index in [-0.39, 0.29) is 35.1 Å². The van der Waals surface area contributed by atoms with Crippen LogP contribution in [0.25, 0.3) is 11.0 Å². The van der Waals surface area contributed by atoms with Gasteiger partial charge in [0.25, 0.3) is 0 Å². The molecule has 0 amide bonds. The third kappa shape index (κ3) is 3.38. The van der Waals surface area contributed by atoms with E-state index in [1.807, 2.05) is 27.7 Å². The van der Waals surface area contributed by atoms with Crippen LogP contribution in [0.4, 0.5) is 0 Å². The summed E-state index contributed by atoms with van der Waals surface area (Å²) in [7, 11) is 0. The molecule has 4 fully saturated rings. The number of hydrogen-bond donors (Lipinski definition) is 1. The SMILES string of the molecule is CC1(C)Sc2ccc3c(O)cc(=O)oc3c2[C@@H](OC(=O)[C@@]23CC[C@@](C)(C(=O)O2)C3(C)C)[C@H]1OC(=O)[C@@]12CC[C@@](C)(C(=O)O1)C2(C)C. The lowest BCUT2D eigenvalue weighted by molar-refractivity contribution is -0.204. The Labute approximate surface area is 269 Å². The third-order valence-electron chi connectivity index (χ3n) is 12.8. The maximum Gasteiger partial charge on any atom is 0.351 e. The molecule has 2 saturated carbocycles. The molecular formula is C34H38O11S. The summed E-state index contributed by atoms with van der Waals surface area (Å²) in [5.74, 6) is -2.87. The van der Waals surface area contributed by atoms with Crippen molar-refractivity contribution in [1.82, 2.24) is 0 Å². The molecule has 12 heteroatoms. The molecule has 6 atom stereocenters. The Hall–Kier alpha value is -3.54. The Morgan fingerprint density at radius 2 is 1.33 bits per heavy atom. The summed E-state index contributed by atoms with van der Waals surface area (Å²) >= 11 is 1.32. The number of ether oxygens (including phenoxy) is 4. The zero-order valence-corrected chi connectivity index (χ0v) is 28.0. The van der Waals surface area contributed by atoms with Crippen LogP contribution in [-0.2, 0) is 38.1 Å². The minimum atomic E-state index is -1.61. The monoisotopic (exact) mass is 654 g/mol. The first-order valence-electron chi connectivity index (χ1n) is 15.6. The van der Waals surface area contributed by atoms with E-state index in [2.05, 4.69) is 0 Å². The van der Waals surface area contributed by atoms with Gasteiger partial charge in [0.1, 0.15) is 11.3 Å². The van der Waals surface area contributed by atoms with E-state index in [4.69, 9.17) is 23.4 Å². The molecule has 1 aromatic heterocycles. The second-order valence-electron chi connectivity index (χ2n) is 15.5. The van der Waals surface area contributed by atoms with Crippen molar-refractivity contribution >= 4 is 46.6 Å². The van der Waals surface area contributed by atoms with E-state index in [1.54, 1.807) is 39.8 Å². The van der Waals surface area contributed by atoms with Crippen LogP contribution in [0.2, 0.25) is 0 Å². The topological polar surface area (TPSA) is 156 Å². The Balaban J connectivity index is 1.37. The molecule has 3 aliphatic heterocycles. The fraction of sp³-hybridized carbons (Fsp3) is 0.618. The van der Waals surface area contributed by atoms with Crippen LogP contribution in [0.5, 0.6) is 5.75 Å². The van der Waals surface area contributed by atoms with Crippen molar-refractivity contribution < 1.29 is 47.6 Å². The molecule has 46 heavy (non-hydrogen) atoms. The number of hydrogen-bond acceptors (Lipinski definition) is 12. The van der Waals surface area contributed by atoms with Gasteiger partial charge in [0.2, 0.25) is 11.2 Å². The average molecular weight is 655 g/mol. The molecule has 4 bridgehead atoms. The molecule has 0 spiro atoms. The van der Waals surface area contributed by atoms with Crippen LogP contribution in [0.3, 0.4) is 0 Å². The molecule has 1 N–H and O–H groups in total. The highest BCUT2D eigenvalue weighted by Gasteiger charge is 2.78. The largest absolute Gasteiger partial charge is 0.507 e. The van der Waals surface area contributed by atoms with E-state index in [9.17, 15) is 29.1 Å². The Morgan fingerprint density at radius 3 is 1.80 bits per heavy atom. The highest BCUT2D eigenvalue weighted by molar-refractivity contribution is 8.00. The van der Waals surface area contributed by atoms with Crippen LogP contribution in [0, 0.1) is 21.7 Å². The van der Waals surface area contributed by atoms with Crippen LogP contribution >= 0.6 is 11.8 Å². The Bertz CT molecular complexity index is 1840. The minimum Gasteiger partial charge on any atom is -0.507 e. The smallest absolute Gasteiger partial charge is 0.351 e. The van der Waals surface area contributed by atoms with Crippen LogP contribution in [0.1, 0.15) is 92.7 Å². The van der Waals surface area contributed by atoms with E-state index in [1.165, 1.54) is 11.8 Å². The van der Waals surface area contributed by atoms with Crippen LogP contribution < -0.4 is 5.63 Å². The lowest BCUT2D eigenvalue weighted by atomic mass is 9.66. The third-order valence-corrected chi connectivity index (χ3v) is 14.1. The fourth-order valence-corrected chi connectivity index (χ4v) is 9.89. The van der Waals surface area contributed by atoms with Crippen molar-refractivity contribution in [3.05, 3.63) is 34.2 Å². The number of rotatable bonds is 4. The summed E-state index contributed by atoms with van der Waals surface area (Å²) in [6.45, 7) is 14.5. The van der Waals surface area contributed by atoms with E-state index in [0.717, 1.165) is 6.07 Å². The molecular weight excluding hydrogens is 616 g/mol. The molecule has 5 aliphatic rings. The second-order valence-corrected chi connectivity index (χ2v) is 17.2. The van der Waals surface area contributed by atoms with Crippen molar-refractivity contribution in [3.8, 4) is 5.75 Å². The Kier molecular flexibility index (Phi) is 5.99. The molecule has 2 aliphatic carbocycles. The second kappa shape index (κ2) is 8.87. The first-order valence-corrected chi connectivity index (χ1v) is 16.4. The van der Waals surface area contributed by atoms with Gasteiger partial charge < -0.3 is 28.5 Å². The molecule has 2 saturated heterocycles. The van der Waals surface area contributed by atoms with E-state index in [0.29, 0.717) is 17.7 Å². The Morgan fingerprint density at radius 1 is 0.804 bits per heavy atom. The van der Waals surface area contributed by atoms with Crippen LogP contribution in [0.15, 0.2) is 32.3 Å². The van der Waals surface area contributed by atoms with Gasteiger partial charge >= 0.3 is 29.5 Å². The first-order chi connectivity index (χ1) is 21.2. The maximum atomic E-state index is 14.4. The van der Waals surface area contributed by atoms with Gasteiger partial charge in [0, 0.05) is 15.7 Å². The lowest BCUT2D eigenvalue weighted by Gasteiger charge is -2.45. The summed E-state index contributed by atoms with van der Waals surface area (Å²) in [6, 6.07) is 4.26. The summed E-state index contributed by atoms with van der Waals surface area (Å²) in [6.07, 6.45) is -1.20. The van der Waals surface area contributed by atoms with Crippen molar-refractivity contribution in [2.75, 3.05) is 0 Å². The van der Waals surface area contributed by atoms with Crippen molar-refractivity contribution in [2.24, 2.45) is 21.7 Å². The van der Waals surface area contributed by atoms with Crippen LogP contribution in [-0.4, -0.2) is 51.0 Å². The van der Waals surface area contributed by atoms with Gasteiger partial charge in [-0.25, -0.2) is 14.4 Å². The van der Waals surface area contributed by atoms with E-state index < -0.39 is 79.3 Å². The fourth-order valence-electron chi connectivity index (χ4n) is 8.58. The minimum absolute atomic E-state index is 0.0278. The quantitative estimate of drug-likeness (QED) is 0.264. The molecule has 4 heterocycles. The first kappa shape index (κ1) is 31.1. The van der Waals surface area contributed by atoms with Gasteiger partial charge in [-0.05, 0) is 65.5 Å². The zero-order valence-electron chi connectivity index (χ0n) is 27.2. The molecule has 1 aromatic carbocycles. The number of carbonyl (C=O) groups excluding carboxylic acids is 4. The van der Waals surface area contributed by atoms with E-state index >= 15 is 0 Å². The molecule has 2 aromatic rings. The predicted octanol–water partition coefficient (Wildman–Crippen LogP) is 5.12. The van der Waals surface area contributed by atoms with Gasteiger partial charge in [0.15, 0.2) is 12.2 Å². The molecule has 0 unspecified atom stereocenters. The molecule has 7 rings (SSSR count). The number of aromatic hydroxyl groups is 1. The number of benzene rings is 1. The summed E-state index contributed by atoms with van der Waals surface area (Å²) in [5, 5.41) is 10.9. The maximum absolute atomic E-state index is 14.4. The van der Waals surface area contributed by atoms with Gasteiger partial charge in [-0.2, -0.15) is 0 Å². The standard InChI is InChI=1S/C34H38O11S/c1-28(2)23(43-27(40)34-14-12-32(8,25(38)45-34)30(34,5)6)22(20-18(46-28)10-9-16-17(35)15-19(36)41-21(16)20)42-26(39)33-13-11-31(7,24(37)44-33)29(33,3)4/h9-10,15,22-23,35H,11-14H2,1-8H3/t22-,23-,31+,32+,33-,34-/m1/s1. The highest BCUT2D eigenvalue weighted by Crippen LogP contribution is 2.68. The zero-order chi connectivity index (χ0) is 33.6. The predicted molar refractivity (Wildman–Crippen MR) is 163 cm³/mol. The number of thioether (sulfide) groups is 1. The van der Waals surface area contributed by atoms with Crippen molar-refractivity contribution in [2.45, 2.75) is 114 Å². The summed E-state index contributed by atoms with van der Waals surface area (Å²) in [5.41, 5.74) is -7.41. The van der Waals surface area contributed by atoms with Crippen molar-refractivity contribution in [3.63, 3.8) is 0 Å². The molecule has 0 radical (unpaired) electrons. The van der Waals surface area contributed by atoms with Gasteiger partial charge in [-0.15, -0.1) is 11.8 Å². The molecule has 246 valence electrons. The molecule has 11 nitrogen and oxygen atoms in total. The van der Waals surface area contributed by atoms with Gasteiger partial charge in [0.05, 0.1) is 32.6 Å². The average Bonchev–Trinajstić information content (AvgIpc) is 3.42. The number of fused-ring (bicyclic) bond motifs is 7. The summed E-state index contributed by atoms with van der Waals surface area (Å²) in [4.78, 5) is 67.9. The lowest BCUT2D eigenvalue weighted by Crippen LogP contribution is -2.55. The number of esters is 4.